The van der Waals surface area contributed by atoms with Crippen LogP contribution in [0.5, 0.6) is 0 Å². The van der Waals surface area contributed by atoms with Crippen LogP contribution in [-0.4, -0.2) is 64.0 Å². The molecule has 0 spiro atoms. The number of hydrogen-bond acceptors (Lipinski definition) is 6. The molecule has 2 N–H and O–H groups in total. The number of pyridine rings is 1. The molecule has 1 aliphatic heterocycles. The van der Waals surface area contributed by atoms with Crippen LogP contribution in [0.4, 0.5) is 13.2 Å². The molecule has 5 rings (SSSR count). The van der Waals surface area contributed by atoms with Crippen molar-refractivity contribution >= 4 is 33.7 Å². The van der Waals surface area contributed by atoms with Crippen LogP contribution in [0.1, 0.15) is 27.3 Å². The van der Waals surface area contributed by atoms with Crippen molar-refractivity contribution in [3.8, 4) is 11.3 Å². The maximum Gasteiger partial charge on any atom is 0.408 e. The van der Waals surface area contributed by atoms with Gasteiger partial charge in [0, 0.05) is 47.8 Å². The van der Waals surface area contributed by atoms with Gasteiger partial charge in [-0.2, -0.15) is 18.3 Å². The smallest absolute Gasteiger partial charge is 0.408 e. The molecule has 12 heteroatoms. The molecule has 0 unspecified atom stereocenters. The summed E-state index contributed by atoms with van der Waals surface area (Å²) >= 11 is 0. The summed E-state index contributed by atoms with van der Waals surface area (Å²) < 4.78 is 51.8. The Morgan fingerprint density at radius 3 is 2.71 bits per heavy atom. The third-order valence-electron chi connectivity index (χ3n) is 5.81. The first-order valence-corrected chi connectivity index (χ1v) is 10.8. The Morgan fingerprint density at radius 2 is 1.94 bits per heavy atom. The minimum atomic E-state index is -4.55. The summed E-state index contributed by atoms with van der Waals surface area (Å²) in [6, 6.07) is 5.86. The van der Waals surface area contributed by atoms with Gasteiger partial charge in [0.2, 0.25) is 5.91 Å². The lowest BCUT2D eigenvalue weighted by Crippen LogP contribution is -2.33. The highest BCUT2D eigenvalue weighted by atomic mass is 19.4. The number of rotatable bonds is 4. The molecule has 0 saturated carbocycles. The number of halogens is 3. The van der Waals surface area contributed by atoms with Crippen molar-refractivity contribution in [1.82, 2.24) is 19.7 Å². The van der Waals surface area contributed by atoms with E-state index in [0.29, 0.717) is 54.6 Å². The summed E-state index contributed by atoms with van der Waals surface area (Å²) in [5, 5.41) is 4.97. The zero-order valence-electron chi connectivity index (χ0n) is 18.3. The number of carbonyl (C=O) groups is 2. The van der Waals surface area contributed by atoms with Crippen molar-refractivity contribution in [3.63, 3.8) is 0 Å². The van der Waals surface area contributed by atoms with Crippen LogP contribution in [0.25, 0.3) is 33.1 Å². The molecule has 1 aromatic carbocycles. The Hall–Kier alpha value is -3.93. The maximum absolute atomic E-state index is 13.4. The molecule has 4 aromatic rings. The summed E-state index contributed by atoms with van der Waals surface area (Å²) in [6.45, 7) is 0.393. The monoisotopic (exact) mass is 487 g/mol. The van der Waals surface area contributed by atoms with Crippen LogP contribution in [0, 0.1) is 0 Å². The van der Waals surface area contributed by atoms with Gasteiger partial charge in [-0.3, -0.25) is 19.3 Å². The number of hydrogen-bond donors (Lipinski definition) is 1. The molecule has 9 nitrogen and oxygen atoms in total. The number of amides is 2. The van der Waals surface area contributed by atoms with Crippen molar-refractivity contribution in [2.45, 2.75) is 19.1 Å². The van der Waals surface area contributed by atoms with Crippen LogP contribution in [0.15, 0.2) is 41.1 Å². The molecule has 2 amide bonds. The summed E-state index contributed by atoms with van der Waals surface area (Å²) in [5.74, 6) is -1.05. The van der Waals surface area contributed by atoms with Crippen molar-refractivity contribution in [2.24, 2.45) is 5.73 Å². The molecular weight excluding hydrogens is 467 g/mol. The first-order valence-electron chi connectivity index (χ1n) is 10.8. The number of nitrogens with two attached hydrogens (primary N) is 1. The number of aromatic nitrogens is 3. The van der Waals surface area contributed by atoms with Gasteiger partial charge >= 0.3 is 6.18 Å². The van der Waals surface area contributed by atoms with Gasteiger partial charge in [0.05, 0.1) is 12.1 Å². The zero-order valence-corrected chi connectivity index (χ0v) is 18.3. The lowest BCUT2D eigenvalue weighted by Gasteiger charge is -2.19. The van der Waals surface area contributed by atoms with E-state index in [1.165, 1.54) is 30.7 Å². The van der Waals surface area contributed by atoms with Gasteiger partial charge in [0.15, 0.2) is 0 Å². The topological polar surface area (TPSA) is 116 Å². The SMILES string of the molecule is NC(=O)c1ccc2occ(-c3nn(CC(F)(F)F)c4cc(C(=O)N5CCCOCC5)ncc34)c2c1. The highest BCUT2D eigenvalue weighted by Crippen LogP contribution is 2.36. The molecular formula is C23H20F3N5O4. The Labute approximate surface area is 196 Å². The predicted molar refractivity (Wildman–Crippen MR) is 119 cm³/mol. The second-order valence-electron chi connectivity index (χ2n) is 8.19. The Balaban J connectivity index is 1.64. The first-order chi connectivity index (χ1) is 16.7. The summed E-state index contributed by atoms with van der Waals surface area (Å²) in [7, 11) is 0. The van der Waals surface area contributed by atoms with Crippen LogP contribution in [-0.2, 0) is 11.3 Å². The van der Waals surface area contributed by atoms with E-state index in [1.807, 2.05) is 0 Å². The van der Waals surface area contributed by atoms with Crippen molar-refractivity contribution < 1.29 is 31.9 Å². The fourth-order valence-corrected chi connectivity index (χ4v) is 4.15. The fourth-order valence-electron chi connectivity index (χ4n) is 4.15. The number of ether oxygens (including phenoxy) is 1. The maximum atomic E-state index is 13.4. The number of benzene rings is 1. The van der Waals surface area contributed by atoms with E-state index in [4.69, 9.17) is 14.9 Å². The van der Waals surface area contributed by atoms with E-state index in [-0.39, 0.29) is 22.5 Å². The van der Waals surface area contributed by atoms with E-state index >= 15 is 0 Å². The molecule has 1 fully saturated rings. The number of nitrogens with zero attached hydrogens (tertiary/aromatic N) is 4. The molecule has 0 aliphatic carbocycles. The second kappa shape index (κ2) is 8.69. The lowest BCUT2D eigenvalue weighted by atomic mass is 10.1. The second-order valence-corrected chi connectivity index (χ2v) is 8.19. The van der Waals surface area contributed by atoms with Crippen molar-refractivity contribution in [3.05, 3.63) is 48.0 Å². The van der Waals surface area contributed by atoms with Gasteiger partial charge in [-0.05, 0) is 30.7 Å². The van der Waals surface area contributed by atoms with Crippen LogP contribution in [0.2, 0.25) is 0 Å². The third-order valence-corrected chi connectivity index (χ3v) is 5.81. The highest BCUT2D eigenvalue weighted by molar-refractivity contribution is 6.06. The Morgan fingerprint density at radius 1 is 1.11 bits per heavy atom. The van der Waals surface area contributed by atoms with Gasteiger partial charge < -0.3 is 19.8 Å². The van der Waals surface area contributed by atoms with Crippen LogP contribution in [0.3, 0.4) is 0 Å². The summed E-state index contributed by atoms with van der Waals surface area (Å²) in [5.41, 5.74) is 6.67. The van der Waals surface area contributed by atoms with Gasteiger partial charge in [-0.15, -0.1) is 0 Å². The largest absolute Gasteiger partial charge is 0.464 e. The molecule has 1 saturated heterocycles. The van der Waals surface area contributed by atoms with Gasteiger partial charge in [-0.25, -0.2) is 0 Å². The molecule has 3 aromatic heterocycles. The average molecular weight is 487 g/mol. The fraction of sp³-hybridized carbons (Fsp3) is 0.304. The van der Waals surface area contributed by atoms with Crippen LogP contribution >= 0.6 is 0 Å². The molecule has 35 heavy (non-hydrogen) atoms. The van der Waals surface area contributed by atoms with E-state index in [1.54, 1.807) is 11.0 Å². The van der Waals surface area contributed by atoms with Gasteiger partial charge in [0.25, 0.3) is 5.91 Å². The predicted octanol–water partition coefficient (Wildman–Crippen LogP) is 3.37. The van der Waals surface area contributed by atoms with Gasteiger partial charge in [0.1, 0.15) is 29.8 Å². The Kier molecular flexibility index (Phi) is 5.67. The van der Waals surface area contributed by atoms with Gasteiger partial charge in [-0.1, -0.05) is 0 Å². The molecule has 4 heterocycles. The zero-order chi connectivity index (χ0) is 24.7. The molecule has 0 bridgehead atoms. The van der Waals surface area contributed by atoms with E-state index in [2.05, 4.69) is 10.1 Å². The quantitative estimate of drug-likeness (QED) is 0.472. The molecule has 1 aliphatic rings. The normalized spacial score (nSPS) is 15.0. The first kappa shape index (κ1) is 22.8. The number of carbonyl (C=O) groups excluding carboxylic acids is 2. The number of furan rings is 1. The summed E-state index contributed by atoms with van der Waals surface area (Å²) in [4.78, 5) is 30.5. The Bertz CT molecular complexity index is 1430. The van der Waals surface area contributed by atoms with Crippen molar-refractivity contribution in [1.29, 1.82) is 0 Å². The summed E-state index contributed by atoms with van der Waals surface area (Å²) in [6.07, 6.45) is -1.21. The minimum Gasteiger partial charge on any atom is -0.464 e. The number of alkyl halides is 3. The van der Waals surface area contributed by atoms with E-state index in [0.717, 1.165) is 4.68 Å². The lowest BCUT2D eigenvalue weighted by molar-refractivity contribution is -0.141. The van der Waals surface area contributed by atoms with E-state index in [9.17, 15) is 22.8 Å². The van der Waals surface area contributed by atoms with E-state index < -0.39 is 24.5 Å². The van der Waals surface area contributed by atoms with Crippen LogP contribution < -0.4 is 5.73 Å². The minimum absolute atomic E-state index is 0.0161. The third kappa shape index (κ3) is 4.44. The van der Waals surface area contributed by atoms with Crippen molar-refractivity contribution in [2.75, 3.05) is 26.3 Å². The average Bonchev–Trinajstić information content (AvgIpc) is 3.26. The number of fused-ring (bicyclic) bond motifs is 2. The molecule has 0 atom stereocenters. The molecule has 0 radical (unpaired) electrons. The highest BCUT2D eigenvalue weighted by Gasteiger charge is 2.31. The number of primary amides is 1. The molecule has 182 valence electrons. The standard InChI is InChI=1S/C23H20F3N5O4/c24-23(25,26)12-31-18-9-17(22(33)30-4-1-6-34-7-5-30)28-10-15(18)20(29-31)16-11-35-19-3-2-13(21(27)32)8-14(16)19/h2-3,8-11H,1,4-7,12H2,(H2,27,32).